The number of hydrogen-bond acceptors (Lipinski definition) is 5. The Hall–Kier alpha value is -2.88. The van der Waals surface area contributed by atoms with E-state index in [-0.39, 0.29) is 30.0 Å². The van der Waals surface area contributed by atoms with Crippen LogP contribution in [0.15, 0.2) is 70.3 Å². The lowest BCUT2D eigenvalue weighted by molar-refractivity contribution is 0.261. The zero-order valence-corrected chi connectivity index (χ0v) is 21.2. The maximum atomic E-state index is 5.81. The van der Waals surface area contributed by atoms with Gasteiger partial charge in [0.2, 0.25) is 0 Å². The highest BCUT2D eigenvalue weighted by Crippen LogP contribution is 2.31. The molecular weight excluding hydrogens is 533 g/mol. The zero-order chi connectivity index (χ0) is 22.2. The quantitative estimate of drug-likeness (QED) is 0.235. The van der Waals surface area contributed by atoms with Gasteiger partial charge in [-0.3, -0.25) is 0 Å². The fraction of sp³-hybridized carbons (Fsp3) is 0.320. The van der Waals surface area contributed by atoms with Gasteiger partial charge in [0, 0.05) is 36.6 Å². The summed E-state index contributed by atoms with van der Waals surface area (Å²) in [6, 6.07) is 17.9. The van der Waals surface area contributed by atoms with Crippen molar-refractivity contribution in [2.45, 2.75) is 25.4 Å². The molecule has 1 unspecified atom stereocenters. The van der Waals surface area contributed by atoms with Crippen LogP contribution in [-0.2, 0) is 13.0 Å². The maximum Gasteiger partial charge on any atom is 0.192 e. The van der Waals surface area contributed by atoms with Gasteiger partial charge in [-0.05, 0) is 30.3 Å². The molecule has 0 fully saturated rings. The van der Waals surface area contributed by atoms with E-state index < -0.39 is 0 Å². The SMILES string of the molecule is COc1ccc(CN=C(NCCc2ccco2)NC2CCOc3ccccc32)c(OC)c1.I. The standard InChI is InChI=1S/C25H29N3O4.HI/c1-29-20-10-9-18(24(16-20)30-2)17-27-25(26-13-11-19-6-5-14-31-19)28-22-12-15-32-23-8-4-3-7-21(22)23;/h3-10,14,16,22H,11-13,15,17H2,1-2H3,(H2,26,27,28);1H. The van der Waals surface area contributed by atoms with Gasteiger partial charge in [0.25, 0.3) is 0 Å². The molecule has 2 heterocycles. The van der Waals surface area contributed by atoms with Gasteiger partial charge >= 0.3 is 0 Å². The molecule has 3 aromatic rings. The molecule has 0 amide bonds. The first-order valence-corrected chi connectivity index (χ1v) is 10.8. The maximum absolute atomic E-state index is 5.81. The normalized spacial score (nSPS) is 15.0. The van der Waals surface area contributed by atoms with E-state index in [4.69, 9.17) is 23.6 Å². The Balaban J connectivity index is 0.00000306. The van der Waals surface area contributed by atoms with E-state index in [0.717, 1.165) is 52.9 Å². The third kappa shape index (κ3) is 6.56. The average molecular weight is 563 g/mol. The Morgan fingerprint density at radius 2 is 1.97 bits per heavy atom. The van der Waals surface area contributed by atoms with E-state index in [9.17, 15) is 0 Å². The van der Waals surface area contributed by atoms with Gasteiger partial charge in [0.05, 0.1) is 39.7 Å². The molecule has 1 aliphatic rings. The van der Waals surface area contributed by atoms with Crippen LogP contribution in [0, 0.1) is 0 Å². The summed E-state index contributed by atoms with van der Waals surface area (Å²) in [7, 11) is 3.30. The minimum Gasteiger partial charge on any atom is -0.497 e. The van der Waals surface area contributed by atoms with Gasteiger partial charge in [0.1, 0.15) is 23.0 Å². The highest BCUT2D eigenvalue weighted by molar-refractivity contribution is 14.0. The zero-order valence-electron chi connectivity index (χ0n) is 18.9. The predicted molar refractivity (Wildman–Crippen MR) is 139 cm³/mol. The third-order valence-electron chi connectivity index (χ3n) is 5.42. The minimum atomic E-state index is 0. The molecule has 1 atom stereocenters. The Morgan fingerprint density at radius 3 is 2.76 bits per heavy atom. The monoisotopic (exact) mass is 563 g/mol. The molecule has 33 heavy (non-hydrogen) atoms. The molecule has 1 aliphatic heterocycles. The number of halogens is 1. The van der Waals surface area contributed by atoms with Crippen LogP contribution >= 0.6 is 24.0 Å². The van der Waals surface area contributed by atoms with Gasteiger partial charge < -0.3 is 29.3 Å². The van der Waals surface area contributed by atoms with Crippen LogP contribution < -0.4 is 24.8 Å². The summed E-state index contributed by atoms with van der Waals surface area (Å²) in [6.45, 7) is 1.83. The van der Waals surface area contributed by atoms with Crippen molar-refractivity contribution in [1.82, 2.24) is 10.6 Å². The van der Waals surface area contributed by atoms with Crippen LogP contribution in [0.2, 0.25) is 0 Å². The molecule has 2 N–H and O–H groups in total. The number of para-hydroxylation sites is 1. The van der Waals surface area contributed by atoms with Crippen molar-refractivity contribution in [3.05, 3.63) is 77.7 Å². The first-order valence-electron chi connectivity index (χ1n) is 10.8. The Bertz CT molecular complexity index is 1040. The number of guanidine groups is 1. The summed E-state index contributed by atoms with van der Waals surface area (Å²) in [6.07, 6.45) is 3.32. The van der Waals surface area contributed by atoms with Gasteiger partial charge in [-0.2, -0.15) is 0 Å². The summed E-state index contributed by atoms with van der Waals surface area (Å²) in [4.78, 5) is 4.85. The van der Waals surface area contributed by atoms with E-state index in [1.807, 2.05) is 48.5 Å². The molecule has 0 aliphatic carbocycles. The van der Waals surface area contributed by atoms with E-state index >= 15 is 0 Å². The number of nitrogens with zero attached hydrogens (tertiary/aromatic N) is 1. The lowest BCUT2D eigenvalue weighted by atomic mass is 10.0. The van der Waals surface area contributed by atoms with E-state index in [0.29, 0.717) is 19.7 Å². The Morgan fingerprint density at radius 1 is 1.09 bits per heavy atom. The smallest absolute Gasteiger partial charge is 0.192 e. The molecular formula is C25H30IN3O4. The lowest BCUT2D eigenvalue weighted by Crippen LogP contribution is -2.41. The first kappa shape index (κ1) is 24.8. The largest absolute Gasteiger partial charge is 0.497 e. The Labute approximate surface area is 211 Å². The van der Waals surface area contributed by atoms with E-state index in [1.54, 1.807) is 20.5 Å². The molecule has 0 saturated heterocycles. The van der Waals surface area contributed by atoms with Crippen LogP contribution in [0.4, 0.5) is 0 Å². The number of furan rings is 1. The molecule has 0 bridgehead atoms. The lowest BCUT2D eigenvalue weighted by Gasteiger charge is -2.28. The number of nitrogens with one attached hydrogen (secondary N) is 2. The van der Waals surface area contributed by atoms with Crippen molar-refractivity contribution in [3.63, 3.8) is 0 Å². The minimum absolute atomic E-state index is 0. The highest BCUT2D eigenvalue weighted by Gasteiger charge is 2.22. The van der Waals surface area contributed by atoms with Crippen LogP contribution in [0.5, 0.6) is 17.2 Å². The molecule has 2 aromatic carbocycles. The van der Waals surface area contributed by atoms with Crippen molar-refractivity contribution in [2.75, 3.05) is 27.4 Å². The number of rotatable bonds is 8. The van der Waals surface area contributed by atoms with Gasteiger partial charge in [0.15, 0.2) is 5.96 Å². The Kier molecular flexibility index (Phi) is 9.29. The number of benzene rings is 2. The van der Waals surface area contributed by atoms with Crippen LogP contribution in [-0.4, -0.2) is 33.3 Å². The summed E-state index contributed by atoms with van der Waals surface area (Å²) >= 11 is 0. The predicted octanol–water partition coefficient (Wildman–Crippen LogP) is 4.72. The van der Waals surface area contributed by atoms with Crippen LogP contribution in [0.1, 0.15) is 29.3 Å². The van der Waals surface area contributed by atoms with Gasteiger partial charge in [-0.15, -0.1) is 24.0 Å². The topological polar surface area (TPSA) is 77.2 Å². The fourth-order valence-corrected chi connectivity index (χ4v) is 3.72. The van der Waals surface area contributed by atoms with E-state index in [2.05, 4.69) is 16.7 Å². The summed E-state index contributed by atoms with van der Waals surface area (Å²) in [5.41, 5.74) is 2.12. The number of methoxy groups -OCH3 is 2. The second kappa shape index (κ2) is 12.4. The van der Waals surface area contributed by atoms with Crippen LogP contribution in [0.25, 0.3) is 0 Å². The number of aliphatic imine (C=N–C) groups is 1. The highest BCUT2D eigenvalue weighted by atomic mass is 127. The van der Waals surface area contributed by atoms with Gasteiger partial charge in [-0.25, -0.2) is 4.99 Å². The number of hydrogen-bond donors (Lipinski definition) is 2. The fourth-order valence-electron chi connectivity index (χ4n) is 3.72. The van der Waals surface area contributed by atoms with Crippen molar-refractivity contribution < 1.29 is 18.6 Å². The number of ether oxygens (including phenoxy) is 3. The van der Waals surface area contributed by atoms with Crippen molar-refractivity contribution in [1.29, 1.82) is 0 Å². The second-order valence-corrected chi connectivity index (χ2v) is 7.47. The molecule has 176 valence electrons. The van der Waals surface area contributed by atoms with Crippen molar-refractivity contribution >= 4 is 29.9 Å². The molecule has 1 aromatic heterocycles. The molecule has 4 rings (SSSR count). The molecule has 0 spiro atoms. The van der Waals surface area contributed by atoms with Crippen LogP contribution in [0.3, 0.4) is 0 Å². The van der Waals surface area contributed by atoms with Crippen molar-refractivity contribution in [3.8, 4) is 17.2 Å². The van der Waals surface area contributed by atoms with Crippen molar-refractivity contribution in [2.24, 2.45) is 4.99 Å². The van der Waals surface area contributed by atoms with E-state index in [1.165, 1.54) is 0 Å². The summed E-state index contributed by atoms with van der Waals surface area (Å²) in [5.74, 6) is 4.09. The second-order valence-electron chi connectivity index (χ2n) is 7.47. The molecule has 0 radical (unpaired) electrons. The van der Waals surface area contributed by atoms with Gasteiger partial charge in [-0.1, -0.05) is 18.2 Å². The summed E-state index contributed by atoms with van der Waals surface area (Å²) in [5, 5.41) is 7.02. The number of fused-ring (bicyclic) bond motifs is 1. The molecule has 7 nitrogen and oxygen atoms in total. The molecule has 8 heteroatoms. The first-order chi connectivity index (χ1) is 15.8. The average Bonchev–Trinajstić information content (AvgIpc) is 3.36. The summed E-state index contributed by atoms with van der Waals surface area (Å²) < 4.78 is 22.1. The third-order valence-corrected chi connectivity index (χ3v) is 5.42. The molecule has 0 saturated carbocycles.